The molecule has 1 saturated heterocycles. The summed E-state index contributed by atoms with van der Waals surface area (Å²) >= 11 is 6.12. The van der Waals surface area contributed by atoms with E-state index in [-0.39, 0.29) is 16.7 Å². The Morgan fingerprint density at radius 2 is 1.78 bits per heavy atom. The first-order chi connectivity index (χ1) is 15.1. The summed E-state index contributed by atoms with van der Waals surface area (Å²) in [4.78, 5) is 27.6. The number of aliphatic hydroxyl groups is 1. The van der Waals surface area contributed by atoms with Crippen molar-refractivity contribution in [1.29, 1.82) is 0 Å². The van der Waals surface area contributed by atoms with E-state index in [1.54, 1.807) is 23.1 Å². The van der Waals surface area contributed by atoms with Crippen molar-refractivity contribution < 1.29 is 19.4 Å². The van der Waals surface area contributed by atoms with Gasteiger partial charge in [0.15, 0.2) is 0 Å². The fourth-order valence-electron chi connectivity index (χ4n) is 3.91. The molecule has 6 heteroatoms. The average molecular weight is 456 g/mol. The lowest BCUT2D eigenvalue weighted by molar-refractivity contribution is -0.139. The third-order valence-corrected chi connectivity index (χ3v) is 6.12. The highest BCUT2D eigenvalue weighted by Gasteiger charge is 2.45. The standard InChI is InChI=1S/C26H30ClNO4/c1-6-7-14-28-22(16-8-11-18(12-9-16)26(2,3)4)21(24(30)25(28)31)23(29)17-10-13-19(27)20(15-17)32-5/h8-13,15,22,29H,6-7,14H2,1-5H3/b23-21-. The van der Waals surface area contributed by atoms with Crippen molar-refractivity contribution in [3.63, 3.8) is 0 Å². The summed E-state index contributed by atoms with van der Waals surface area (Å²) in [6.45, 7) is 8.85. The first-order valence-corrected chi connectivity index (χ1v) is 11.2. The van der Waals surface area contributed by atoms with Gasteiger partial charge in [0, 0.05) is 12.1 Å². The van der Waals surface area contributed by atoms with Gasteiger partial charge in [-0.1, -0.05) is 70.0 Å². The number of likely N-dealkylation sites (tertiary alicyclic amines) is 1. The zero-order valence-corrected chi connectivity index (χ0v) is 20.0. The number of nitrogens with zero attached hydrogens (tertiary/aromatic N) is 1. The van der Waals surface area contributed by atoms with E-state index in [4.69, 9.17) is 16.3 Å². The molecule has 0 aliphatic carbocycles. The summed E-state index contributed by atoms with van der Waals surface area (Å²) in [5.74, 6) is -1.13. The SMILES string of the molecule is CCCCN1C(=O)C(=O)/C(=C(\O)c2ccc(Cl)c(OC)c2)C1c1ccc(C(C)(C)C)cc1. The van der Waals surface area contributed by atoms with Crippen molar-refractivity contribution in [2.45, 2.75) is 52.0 Å². The molecule has 1 fully saturated rings. The van der Waals surface area contributed by atoms with Crippen molar-refractivity contribution >= 4 is 29.1 Å². The molecule has 32 heavy (non-hydrogen) atoms. The lowest BCUT2D eigenvalue weighted by Gasteiger charge is -2.26. The van der Waals surface area contributed by atoms with E-state index in [0.29, 0.717) is 22.9 Å². The Morgan fingerprint density at radius 1 is 1.12 bits per heavy atom. The van der Waals surface area contributed by atoms with Gasteiger partial charge in [0.2, 0.25) is 0 Å². The maximum absolute atomic E-state index is 13.1. The van der Waals surface area contributed by atoms with E-state index < -0.39 is 17.7 Å². The van der Waals surface area contributed by atoms with Crippen LogP contribution in [0.25, 0.3) is 5.76 Å². The summed E-state index contributed by atoms with van der Waals surface area (Å²) in [7, 11) is 1.48. The molecule has 1 aliphatic rings. The van der Waals surface area contributed by atoms with E-state index in [1.807, 2.05) is 31.2 Å². The van der Waals surface area contributed by atoms with Crippen molar-refractivity contribution in [3.05, 3.63) is 69.8 Å². The molecular weight excluding hydrogens is 426 g/mol. The van der Waals surface area contributed by atoms with Crippen molar-refractivity contribution in [2.24, 2.45) is 0 Å². The predicted octanol–water partition coefficient (Wildman–Crippen LogP) is 5.87. The van der Waals surface area contributed by atoms with Crippen LogP contribution in [-0.2, 0) is 15.0 Å². The second-order valence-corrected chi connectivity index (χ2v) is 9.47. The van der Waals surface area contributed by atoms with E-state index in [2.05, 4.69) is 20.8 Å². The fraction of sp³-hybridized carbons (Fsp3) is 0.385. The molecule has 3 rings (SSSR count). The Labute approximate surface area is 194 Å². The van der Waals surface area contributed by atoms with Crippen LogP contribution in [0.5, 0.6) is 5.75 Å². The third-order valence-electron chi connectivity index (χ3n) is 5.81. The van der Waals surface area contributed by atoms with Gasteiger partial charge in [0.25, 0.3) is 11.7 Å². The Bertz CT molecular complexity index is 1050. The quantitative estimate of drug-likeness (QED) is 0.336. The molecule has 1 atom stereocenters. The second-order valence-electron chi connectivity index (χ2n) is 9.07. The molecule has 0 bridgehead atoms. The van der Waals surface area contributed by atoms with Crippen molar-refractivity contribution in [1.82, 2.24) is 4.90 Å². The number of halogens is 1. The number of ether oxygens (including phenoxy) is 1. The van der Waals surface area contributed by atoms with E-state index >= 15 is 0 Å². The van der Waals surface area contributed by atoms with E-state index in [9.17, 15) is 14.7 Å². The number of unbranched alkanes of at least 4 members (excludes halogenated alkanes) is 1. The van der Waals surface area contributed by atoms with Gasteiger partial charge in [-0.05, 0) is 41.2 Å². The highest BCUT2D eigenvalue weighted by Crippen LogP contribution is 2.41. The molecule has 1 amide bonds. The number of amides is 1. The zero-order valence-electron chi connectivity index (χ0n) is 19.2. The van der Waals surface area contributed by atoms with Gasteiger partial charge in [-0.15, -0.1) is 0 Å². The Kier molecular flexibility index (Phi) is 6.99. The topological polar surface area (TPSA) is 66.8 Å². The van der Waals surface area contributed by atoms with Gasteiger partial charge in [0.05, 0.1) is 23.7 Å². The van der Waals surface area contributed by atoms with E-state index in [1.165, 1.54) is 7.11 Å². The average Bonchev–Trinajstić information content (AvgIpc) is 3.01. The normalized spacial score (nSPS) is 18.3. The summed E-state index contributed by atoms with van der Waals surface area (Å²) in [5.41, 5.74) is 2.36. The molecular formula is C26H30ClNO4. The minimum atomic E-state index is -0.683. The van der Waals surface area contributed by atoms with Gasteiger partial charge in [-0.2, -0.15) is 0 Å². The number of carbonyl (C=O) groups is 2. The second kappa shape index (κ2) is 9.37. The van der Waals surface area contributed by atoms with Crippen molar-refractivity contribution in [2.75, 3.05) is 13.7 Å². The van der Waals surface area contributed by atoms with Crippen LogP contribution in [0.2, 0.25) is 5.02 Å². The fourth-order valence-corrected chi connectivity index (χ4v) is 4.11. The van der Waals surface area contributed by atoms with Crippen LogP contribution in [0.3, 0.4) is 0 Å². The summed E-state index contributed by atoms with van der Waals surface area (Å²) < 4.78 is 5.25. The van der Waals surface area contributed by atoms with Crippen LogP contribution in [0.15, 0.2) is 48.0 Å². The van der Waals surface area contributed by atoms with E-state index in [0.717, 1.165) is 24.0 Å². The molecule has 5 nitrogen and oxygen atoms in total. The lowest BCUT2D eigenvalue weighted by atomic mass is 9.85. The molecule has 2 aromatic carbocycles. The maximum Gasteiger partial charge on any atom is 0.295 e. The van der Waals surface area contributed by atoms with Gasteiger partial charge in [0.1, 0.15) is 11.5 Å². The minimum absolute atomic E-state index is 0.0254. The lowest BCUT2D eigenvalue weighted by Crippen LogP contribution is -2.30. The smallest absolute Gasteiger partial charge is 0.295 e. The molecule has 2 aromatic rings. The summed E-state index contributed by atoms with van der Waals surface area (Å²) in [6.07, 6.45) is 1.64. The predicted molar refractivity (Wildman–Crippen MR) is 127 cm³/mol. The molecule has 0 saturated carbocycles. The molecule has 0 radical (unpaired) electrons. The number of carbonyl (C=O) groups excluding carboxylic acids is 2. The number of rotatable bonds is 6. The van der Waals surface area contributed by atoms with Gasteiger partial charge < -0.3 is 14.7 Å². The number of methoxy groups -OCH3 is 1. The minimum Gasteiger partial charge on any atom is -0.507 e. The largest absolute Gasteiger partial charge is 0.507 e. The Balaban J connectivity index is 2.16. The number of hydrogen-bond donors (Lipinski definition) is 1. The molecule has 1 N–H and O–H groups in total. The van der Waals surface area contributed by atoms with Crippen LogP contribution in [0.1, 0.15) is 63.3 Å². The van der Waals surface area contributed by atoms with Crippen LogP contribution in [-0.4, -0.2) is 35.4 Å². The summed E-state index contributed by atoms with van der Waals surface area (Å²) in [5, 5.41) is 11.5. The molecule has 1 heterocycles. The van der Waals surface area contributed by atoms with Gasteiger partial charge >= 0.3 is 0 Å². The Morgan fingerprint density at radius 3 is 2.34 bits per heavy atom. The first kappa shape index (κ1) is 23.9. The number of aliphatic hydroxyl groups excluding tert-OH is 1. The summed E-state index contributed by atoms with van der Waals surface area (Å²) in [6, 6.07) is 12.0. The van der Waals surface area contributed by atoms with Crippen LogP contribution in [0, 0.1) is 0 Å². The zero-order chi connectivity index (χ0) is 23.6. The molecule has 170 valence electrons. The number of Topliss-reactive ketones (excluding diaryl/α,β-unsaturated/α-hetero) is 1. The first-order valence-electron chi connectivity index (χ1n) is 10.8. The van der Waals surface area contributed by atoms with Gasteiger partial charge in [-0.3, -0.25) is 9.59 Å². The number of hydrogen-bond acceptors (Lipinski definition) is 4. The molecule has 1 aliphatic heterocycles. The van der Waals surface area contributed by atoms with Crippen LogP contribution in [0.4, 0.5) is 0 Å². The highest BCUT2D eigenvalue weighted by molar-refractivity contribution is 6.46. The third kappa shape index (κ3) is 4.53. The number of ketones is 1. The molecule has 0 spiro atoms. The van der Waals surface area contributed by atoms with Crippen LogP contribution < -0.4 is 4.74 Å². The van der Waals surface area contributed by atoms with Crippen LogP contribution >= 0.6 is 11.6 Å². The highest BCUT2D eigenvalue weighted by atomic mass is 35.5. The Hall–Kier alpha value is -2.79. The van der Waals surface area contributed by atoms with Crippen molar-refractivity contribution in [3.8, 4) is 5.75 Å². The monoisotopic (exact) mass is 455 g/mol. The van der Waals surface area contributed by atoms with Gasteiger partial charge in [-0.25, -0.2) is 0 Å². The number of benzene rings is 2. The molecule has 1 unspecified atom stereocenters. The molecule has 0 aromatic heterocycles. The maximum atomic E-state index is 13.1.